The molecule has 7 nitrogen and oxygen atoms in total. The normalized spacial score (nSPS) is 17.9. The minimum atomic E-state index is -0.0570. The second-order valence-corrected chi connectivity index (χ2v) is 6.96. The van der Waals surface area contributed by atoms with Crippen LogP contribution in [0, 0.1) is 0 Å². The summed E-state index contributed by atoms with van der Waals surface area (Å²) in [5, 5.41) is 4.97. The number of nitrogens with zero attached hydrogens (tertiary/aromatic N) is 4. The van der Waals surface area contributed by atoms with E-state index in [9.17, 15) is 4.79 Å². The summed E-state index contributed by atoms with van der Waals surface area (Å²) < 4.78 is 7.40. The van der Waals surface area contributed by atoms with Gasteiger partial charge in [-0.05, 0) is 24.4 Å². The van der Waals surface area contributed by atoms with Crippen molar-refractivity contribution in [3.63, 3.8) is 0 Å². The van der Waals surface area contributed by atoms with Crippen molar-refractivity contribution in [3.05, 3.63) is 43.0 Å². The average Bonchev–Trinajstić information content (AvgIpc) is 3.09. The molecule has 1 unspecified atom stereocenters. The van der Waals surface area contributed by atoms with E-state index in [4.69, 9.17) is 4.74 Å². The van der Waals surface area contributed by atoms with Gasteiger partial charge < -0.3 is 14.6 Å². The van der Waals surface area contributed by atoms with Crippen LogP contribution < -0.4 is 5.32 Å². The maximum Gasteiger partial charge on any atom is 0.239 e. The highest BCUT2D eigenvalue weighted by molar-refractivity contribution is 5.94. The zero-order chi connectivity index (χ0) is 18.8. The Morgan fingerprint density at radius 3 is 2.96 bits per heavy atom. The van der Waals surface area contributed by atoms with E-state index in [-0.39, 0.29) is 11.9 Å². The van der Waals surface area contributed by atoms with Crippen LogP contribution in [0.5, 0.6) is 0 Å². The highest BCUT2D eigenvalue weighted by Gasteiger charge is 2.21. The highest BCUT2D eigenvalue weighted by atomic mass is 16.5. The van der Waals surface area contributed by atoms with Crippen molar-refractivity contribution in [1.29, 1.82) is 0 Å². The van der Waals surface area contributed by atoms with Crippen molar-refractivity contribution in [1.82, 2.24) is 19.4 Å². The third kappa shape index (κ3) is 3.84. The van der Waals surface area contributed by atoms with Crippen molar-refractivity contribution >= 4 is 22.5 Å². The number of nitrogens with one attached hydrogen (secondary N) is 1. The molecule has 0 bridgehead atoms. The summed E-state index contributed by atoms with van der Waals surface area (Å²) in [6, 6.07) is 8.34. The van der Waals surface area contributed by atoms with Crippen molar-refractivity contribution in [2.75, 3.05) is 31.6 Å². The van der Waals surface area contributed by atoms with E-state index in [1.807, 2.05) is 29.9 Å². The smallest absolute Gasteiger partial charge is 0.239 e. The van der Waals surface area contributed by atoms with Gasteiger partial charge in [-0.15, -0.1) is 0 Å². The van der Waals surface area contributed by atoms with Gasteiger partial charge in [0.15, 0.2) is 0 Å². The lowest BCUT2D eigenvalue weighted by Crippen LogP contribution is -2.47. The van der Waals surface area contributed by atoms with Gasteiger partial charge in [0.1, 0.15) is 5.82 Å². The standard InChI is InChI=1S/C20H23N5O2/c1-14-12-27-6-5-25(14)11-20(26)23-19-8-17-7-15(3-4-16(17)9-22-19)18-10-21-13-24(18)2/h3-4,7-10,13-14H,5-6,11-12H2,1-2H3,(H,22,23,26). The molecule has 1 N–H and O–H groups in total. The van der Waals surface area contributed by atoms with Crippen molar-refractivity contribution < 1.29 is 9.53 Å². The van der Waals surface area contributed by atoms with E-state index in [0.717, 1.165) is 28.6 Å². The van der Waals surface area contributed by atoms with Gasteiger partial charge in [-0.25, -0.2) is 9.97 Å². The number of aryl methyl sites for hydroxylation is 1. The highest BCUT2D eigenvalue weighted by Crippen LogP contribution is 2.25. The number of morpholine rings is 1. The molecular weight excluding hydrogens is 342 g/mol. The van der Waals surface area contributed by atoms with Crippen molar-refractivity contribution in [2.45, 2.75) is 13.0 Å². The Morgan fingerprint density at radius 1 is 1.30 bits per heavy atom. The molecule has 1 aliphatic rings. The Labute approximate surface area is 158 Å². The minimum absolute atomic E-state index is 0.0570. The molecule has 1 atom stereocenters. The quantitative estimate of drug-likeness (QED) is 0.768. The largest absolute Gasteiger partial charge is 0.379 e. The third-order valence-corrected chi connectivity index (χ3v) is 4.95. The van der Waals surface area contributed by atoms with Crippen molar-refractivity contribution in [2.24, 2.45) is 7.05 Å². The van der Waals surface area contributed by atoms with Gasteiger partial charge in [-0.2, -0.15) is 0 Å². The molecule has 0 radical (unpaired) electrons. The summed E-state index contributed by atoms with van der Waals surface area (Å²) >= 11 is 0. The van der Waals surface area contributed by atoms with Crippen LogP contribution in [0.4, 0.5) is 5.82 Å². The number of imidazole rings is 1. The SMILES string of the molecule is CC1COCCN1CC(=O)Nc1cc2cc(-c3cncn3C)ccc2cn1. The molecule has 3 aromatic rings. The molecule has 1 saturated heterocycles. The van der Waals surface area contributed by atoms with Gasteiger partial charge in [-0.3, -0.25) is 9.69 Å². The molecular formula is C20H23N5O2. The second kappa shape index (κ2) is 7.46. The Hall–Kier alpha value is -2.77. The second-order valence-electron chi connectivity index (χ2n) is 6.96. The minimum Gasteiger partial charge on any atom is -0.379 e. The van der Waals surface area contributed by atoms with E-state index < -0.39 is 0 Å². The Morgan fingerprint density at radius 2 is 2.19 bits per heavy atom. The number of carbonyl (C=O) groups excluding carboxylic acids is 1. The third-order valence-electron chi connectivity index (χ3n) is 4.95. The molecule has 7 heteroatoms. The Kier molecular flexibility index (Phi) is 4.87. The maximum absolute atomic E-state index is 12.4. The predicted octanol–water partition coefficient (Wildman–Crippen LogP) is 2.29. The van der Waals surface area contributed by atoms with Crippen LogP contribution >= 0.6 is 0 Å². The first kappa shape index (κ1) is 17.6. The predicted molar refractivity (Wildman–Crippen MR) is 104 cm³/mol. The van der Waals surface area contributed by atoms with Gasteiger partial charge in [0.2, 0.25) is 5.91 Å². The molecule has 0 aliphatic carbocycles. The topological polar surface area (TPSA) is 72.3 Å². The van der Waals surface area contributed by atoms with Crippen LogP contribution in [-0.2, 0) is 16.6 Å². The number of benzene rings is 1. The van der Waals surface area contributed by atoms with E-state index in [1.54, 1.807) is 12.5 Å². The average molecular weight is 365 g/mol. The first-order valence-electron chi connectivity index (χ1n) is 9.08. The number of hydrogen-bond acceptors (Lipinski definition) is 5. The van der Waals surface area contributed by atoms with Crippen LogP contribution in [0.15, 0.2) is 43.0 Å². The summed E-state index contributed by atoms with van der Waals surface area (Å²) in [5.41, 5.74) is 2.12. The lowest BCUT2D eigenvalue weighted by Gasteiger charge is -2.32. The van der Waals surface area contributed by atoms with E-state index in [2.05, 4.69) is 39.2 Å². The molecule has 0 saturated carbocycles. The Bertz CT molecular complexity index is 968. The molecule has 1 amide bonds. The van der Waals surface area contributed by atoms with Gasteiger partial charge in [-0.1, -0.05) is 12.1 Å². The number of pyridine rings is 1. The molecule has 0 spiro atoms. The van der Waals surface area contributed by atoms with Gasteiger partial charge in [0, 0.05) is 36.8 Å². The van der Waals surface area contributed by atoms with Crippen LogP contribution in [-0.4, -0.2) is 57.7 Å². The maximum atomic E-state index is 12.4. The molecule has 1 aliphatic heterocycles. The van der Waals surface area contributed by atoms with Crippen LogP contribution in [0.2, 0.25) is 0 Å². The zero-order valence-corrected chi connectivity index (χ0v) is 15.6. The molecule has 3 heterocycles. The van der Waals surface area contributed by atoms with Crippen LogP contribution in [0.1, 0.15) is 6.92 Å². The van der Waals surface area contributed by atoms with E-state index in [0.29, 0.717) is 25.6 Å². The molecule has 4 rings (SSSR count). The van der Waals surface area contributed by atoms with Crippen LogP contribution in [0.3, 0.4) is 0 Å². The lowest BCUT2D eigenvalue weighted by molar-refractivity contribution is -0.119. The Balaban J connectivity index is 1.52. The molecule has 140 valence electrons. The first-order valence-corrected chi connectivity index (χ1v) is 9.08. The summed E-state index contributed by atoms with van der Waals surface area (Å²) in [6.45, 7) is 4.52. The van der Waals surface area contributed by atoms with Crippen molar-refractivity contribution in [3.8, 4) is 11.3 Å². The van der Waals surface area contributed by atoms with E-state index >= 15 is 0 Å². The van der Waals surface area contributed by atoms with Gasteiger partial charge in [0.25, 0.3) is 0 Å². The van der Waals surface area contributed by atoms with E-state index in [1.165, 1.54) is 0 Å². The fourth-order valence-corrected chi connectivity index (χ4v) is 3.37. The summed E-state index contributed by atoms with van der Waals surface area (Å²) in [7, 11) is 1.97. The van der Waals surface area contributed by atoms with Crippen LogP contribution in [0.25, 0.3) is 22.0 Å². The van der Waals surface area contributed by atoms with Gasteiger partial charge >= 0.3 is 0 Å². The number of hydrogen-bond donors (Lipinski definition) is 1. The lowest BCUT2D eigenvalue weighted by atomic mass is 10.1. The summed E-state index contributed by atoms with van der Waals surface area (Å²) in [6.07, 6.45) is 5.41. The summed E-state index contributed by atoms with van der Waals surface area (Å²) in [4.78, 5) is 23.1. The zero-order valence-electron chi connectivity index (χ0n) is 15.6. The number of carbonyl (C=O) groups is 1. The molecule has 1 fully saturated rings. The molecule has 1 aromatic carbocycles. The van der Waals surface area contributed by atoms with Gasteiger partial charge in [0.05, 0.1) is 38.0 Å². The molecule has 2 aromatic heterocycles. The monoisotopic (exact) mass is 365 g/mol. The molecule has 27 heavy (non-hydrogen) atoms. The number of anilines is 1. The number of amides is 1. The number of fused-ring (bicyclic) bond motifs is 1. The fraction of sp³-hybridized carbons (Fsp3) is 0.350. The number of rotatable bonds is 4. The first-order chi connectivity index (χ1) is 13.1. The fourth-order valence-electron chi connectivity index (χ4n) is 3.37. The number of ether oxygens (including phenoxy) is 1. The summed E-state index contributed by atoms with van der Waals surface area (Å²) in [5.74, 6) is 0.508. The number of aromatic nitrogens is 3.